The lowest BCUT2D eigenvalue weighted by molar-refractivity contribution is -0.131. The Morgan fingerprint density at radius 1 is 1.35 bits per heavy atom. The van der Waals surface area contributed by atoms with Gasteiger partial charge < -0.3 is 9.84 Å². The number of nitrogens with one attached hydrogen (secondary N) is 2. The SMILES string of the molecule is COC(=O)NS(=O)(=O)Nc1cccc(/C=C/C(=O)O)c1. The van der Waals surface area contributed by atoms with Crippen molar-refractivity contribution in [3.8, 4) is 0 Å². The number of rotatable bonds is 5. The monoisotopic (exact) mass is 300 g/mol. The van der Waals surface area contributed by atoms with Crippen molar-refractivity contribution in [3.05, 3.63) is 35.9 Å². The Morgan fingerprint density at radius 3 is 2.65 bits per heavy atom. The first-order chi connectivity index (χ1) is 9.32. The summed E-state index contributed by atoms with van der Waals surface area (Å²) in [4.78, 5) is 21.2. The molecule has 1 rings (SSSR count). The molecule has 0 saturated carbocycles. The van der Waals surface area contributed by atoms with Crippen molar-refractivity contribution in [3.63, 3.8) is 0 Å². The third-order valence-corrected chi connectivity index (χ3v) is 2.90. The molecular formula is C11H12N2O6S. The van der Waals surface area contributed by atoms with Gasteiger partial charge in [-0.3, -0.25) is 4.72 Å². The summed E-state index contributed by atoms with van der Waals surface area (Å²) < 4.78 is 30.9. The summed E-state index contributed by atoms with van der Waals surface area (Å²) in [7, 11) is -3.08. The Morgan fingerprint density at radius 2 is 2.05 bits per heavy atom. The summed E-state index contributed by atoms with van der Waals surface area (Å²) in [6.07, 6.45) is 1.09. The van der Waals surface area contributed by atoms with Crippen LogP contribution in [-0.2, 0) is 19.7 Å². The van der Waals surface area contributed by atoms with Gasteiger partial charge in [0.25, 0.3) is 0 Å². The Labute approximate surface area is 115 Å². The van der Waals surface area contributed by atoms with E-state index in [-0.39, 0.29) is 5.69 Å². The Balaban J connectivity index is 2.85. The van der Waals surface area contributed by atoms with Crippen LogP contribution in [0.5, 0.6) is 0 Å². The number of aliphatic carboxylic acids is 1. The van der Waals surface area contributed by atoms with Crippen molar-refractivity contribution in [1.29, 1.82) is 0 Å². The molecule has 0 aliphatic rings. The molecule has 0 fully saturated rings. The molecule has 0 atom stereocenters. The quantitative estimate of drug-likeness (QED) is 0.691. The first-order valence-corrected chi connectivity index (χ1v) is 6.70. The summed E-state index contributed by atoms with van der Waals surface area (Å²) in [5, 5.41) is 8.50. The van der Waals surface area contributed by atoms with Gasteiger partial charge in [-0.05, 0) is 23.8 Å². The van der Waals surface area contributed by atoms with Gasteiger partial charge in [-0.2, -0.15) is 8.42 Å². The van der Waals surface area contributed by atoms with Gasteiger partial charge in [0.15, 0.2) is 0 Å². The number of ether oxygens (including phenoxy) is 1. The maximum Gasteiger partial charge on any atom is 0.422 e. The Bertz CT molecular complexity index is 638. The van der Waals surface area contributed by atoms with E-state index < -0.39 is 22.3 Å². The minimum atomic E-state index is -4.11. The molecule has 0 aromatic heterocycles. The molecule has 0 unspecified atom stereocenters. The summed E-state index contributed by atoms with van der Waals surface area (Å²) in [5.74, 6) is -1.12. The van der Waals surface area contributed by atoms with E-state index in [1.807, 2.05) is 0 Å². The van der Waals surface area contributed by atoms with Crippen LogP contribution in [0.2, 0.25) is 0 Å². The molecule has 8 nitrogen and oxygen atoms in total. The second-order valence-corrected chi connectivity index (χ2v) is 4.91. The molecule has 1 aromatic rings. The zero-order valence-corrected chi connectivity index (χ0v) is 11.2. The Hall–Kier alpha value is -2.55. The van der Waals surface area contributed by atoms with Gasteiger partial charge >= 0.3 is 22.3 Å². The molecule has 1 aromatic carbocycles. The van der Waals surface area contributed by atoms with Gasteiger partial charge in [0.1, 0.15) is 0 Å². The second-order valence-electron chi connectivity index (χ2n) is 3.50. The third kappa shape index (κ3) is 5.40. The number of anilines is 1. The summed E-state index contributed by atoms with van der Waals surface area (Å²) >= 11 is 0. The van der Waals surface area contributed by atoms with Crippen molar-refractivity contribution in [2.24, 2.45) is 0 Å². The van der Waals surface area contributed by atoms with E-state index in [2.05, 4.69) is 9.46 Å². The Kier molecular flexibility index (Phi) is 5.09. The fourth-order valence-corrected chi connectivity index (χ4v) is 2.00. The fourth-order valence-electron chi connectivity index (χ4n) is 1.21. The van der Waals surface area contributed by atoms with Crippen LogP contribution in [0.15, 0.2) is 30.3 Å². The van der Waals surface area contributed by atoms with E-state index in [4.69, 9.17) is 5.11 Å². The topological polar surface area (TPSA) is 122 Å². The summed E-state index contributed by atoms with van der Waals surface area (Å²) in [6, 6.07) is 5.95. The van der Waals surface area contributed by atoms with E-state index >= 15 is 0 Å². The van der Waals surface area contributed by atoms with Gasteiger partial charge in [-0.1, -0.05) is 12.1 Å². The molecule has 108 valence electrons. The van der Waals surface area contributed by atoms with Crippen LogP contribution in [-0.4, -0.2) is 32.7 Å². The number of carbonyl (C=O) groups excluding carboxylic acids is 1. The number of hydrogen-bond acceptors (Lipinski definition) is 5. The van der Waals surface area contributed by atoms with E-state index in [9.17, 15) is 18.0 Å². The highest BCUT2D eigenvalue weighted by atomic mass is 32.2. The maximum absolute atomic E-state index is 11.5. The van der Waals surface area contributed by atoms with E-state index in [1.165, 1.54) is 24.3 Å². The maximum atomic E-state index is 11.5. The minimum Gasteiger partial charge on any atom is -0.478 e. The molecule has 20 heavy (non-hydrogen) atoms. The lowest BCUT2D eigenvalue weighted by Gasteiger charge is -2.08. The molecule has 0 aliphatic carbocycles. The number of carbonyl (C=O) groups is 2. The van der Waals surface area contributed by atoms with E-state index in [0.29, 0.717) is 5.56 Å². The normalized spacial score (nSPS) is 11.1. The molecule has 0 aliphatic heterocycles. The highest BCUT2D eigenvalue weighted by molar-refractivity contribution is 7.91. The molecule has 9 heteroatoms. The highest BCUT2D eigenvalue weighted by Gasteiger charge is 2.14. The summed E-state index contributed by atoms with van der Waals surface area (Å²) in [6.45, 7) is 0. The molecule has 0 spiro atoms. The summed E-state index contributed by atoms with van der Waals surface area (Å²) in [5.41, 5.74) is 0.639. The van der Waals surface area contributed by atoms with Gasteiger partial charge in [0.2, 0.25) is 0 Å². The predicted octanol–water partition coefficient (Wildman–Crippen LogP) is 0.797. The molecular weight excluding hydrogens is 288 g/mol. The third-order valence-electron chi connectivity index (χ3n) is 1.96. The highest BCUT2D eigenvalue weighted by Crippen LogP contribution is 2.13. The molecule has 1 amide bonds. The lowest BCUT2D eigenvalue weighted by atomic mass is 10.2. The van der Waals surface area contributed by atoms with Crippen LogP contribution in [0.4, 0.5) is 10.5 Å². The number of carboxylic acid groups (broad SMARTS) is 1. The zero-order chi connectivity index (χ0) is 15.2. The van der Waals surface area contributed by atoms with Crippen LogP contribution in [0, 0.1) is 0 Å². The van der Waals surface area contributed by atoms with Crippen molar-refractivity contribution in [2.45, 2.75) is 0 Å². The number of methoxy groups -OCH3 is 1. The van der Waals surface area contributed by atoms with Crippen LogP contribution < -0.4 is 9.44 Å². The first-order valence-electron chi connectivity index (χ1n) is 5.22. The zero-order valence-electron chi connectivity index (χ0n) is 10.4. The smallest absolute Gasteiger partial charge is 0.422 e. The lowest BCUT2D eigenvalue weighted by Crippen LogP contribution is -2.35. The van der Waals surface area contributed by atoms with E-state index in [0.717, 1.165) is 13.2 Å². The fraction of sp³-hybridized carbons (Fsp3) is 0.0909. The molecule has 0 saturated heterocycles. The van der Waals surface area contributed by atoms with Crippen LogP contribution in [0.1, 0.15) is 5.56 Å². The van der Waals surface area contributed by atoms with Gasteiger partial charge in [0.05, 0.1) is 12.8 Å². The van der Waals surface area contributed by atoms with Crippen LogP contribution >= 0.6 is 0 Å². The van der Waals surface area contributed by atoms with Crippen molar-refractivity contribution >= 4 is 34.0 Å². The molecule has 0 radical (unpaired) electrons. The van der Waals surface area contributed by atoms with Gasteiger partial charge in [-0.25, -0.2) is 14.3 Å². The molecule has 0 bridgehead atoms. The number of hydrogen-bond donors (Lipinski definition) is 3. The number of benzene rings is 1. The van der Waals surface area contributed by atoms with Crippen molar-refractivity contribution < 1.29 is 27.9 Å². The first kappa shape index (κ1) is 15.5. The minimum absolute atomic E-state index is 0.161. The van der Waals surface area contributed by atoms with Gasteiger partial charge in [-0.15, -0.1) is 0 Å². The average molecular weight is 300 g/mol. The van der Waals surface area contributed by atoms with Crippen molar-refractivity contribution in [2.75, 3.05) is 11.8 Å². The molecule has 3 N–H and O–H groups in total. The number of carboxylic acids is 1. The second kappa shape index (κ2) is 6.57. The standard InChI is InChI=1S/C11H12N2O6S/c1-19-11(16)13-20(17,18)12-9-4-2-3-8(7-9)5-6-10(14)15/h2-7,12H,1H3,(H,13,16)(H,14,15)/b6-5+. The molecule has 0 heterocycles. The predicted molar refractivity (Wildman–Crippen MR) is 71.2 cm³/mol. The average Bonchev–Trinajstić information content (AvgIpc) is 2.35. The van der Waals surface area contributed by atoms with E-state index in [1.54, 1.807) is 10.8 Å². The van der Waals surface area contributed by atoms with Gasteiger partial charge in [0, 0.05) is 6.08 Å². The number of amides is 1. The largest absolute Gasteiger partial charge is 0.478 e. The van der Waals surface area contributed by atoms with Crippen LogP contribution in [0.25, 0.3) is 6.08 Å². The van der Waals surface area contributed by atoms with Crippen molar-refractivity contribution in [1.82, 2.24) is 4.72 Å². The van der Waals surface area contributed by atoms with Crippen LogP contribution in [0.3, 0.4) is 0 Å².